The maximum absolute atomic E-state index is 10.8. The number of carbonyl (C=O) groups excluding carboxylic acids is 1. The standard InChI is InChI=1S/C6H11NO2/c1-2-3-7-5-9-4-6(7)8/h2-5H2,1H3. The summed E-state index contributed by atoms with van der Waals surface area (Å²) in [4.78, 5) is 12.5. The highest BCUT2D eigenvalue weighted by atomic mass is 16.5. The van der Waals surface area contributed by atoms with Crippen LogP contribution in [0.5, 0.6) is 0 Å². The Morgan fingerprint density at radius 2 is 2.56 bits per heavy atom. The Morgan fingerprint density at radius 3 is 3.00 bits per heavy atom. The molecule has 1 saturated heterocycles. The SMILES string of the molecule is CCCN1COCC1=O. The van der Waals surface area contributed by atoms with Gasteiger partial charge in [-0.25, -0.2) is 0 Å². The number of ether oxygens (including phenoxy) is 1. The van der Waals surface area contributed by atoms with Crippen LogP contribution in [0, 0.1) is 0 Å². The van der Waals surface area contributed by atoms with Crippen molar-refractivity contribution in [2.45, 2.75) is 13.3 Å². The predicted molar refractivity (Wildman–Crippen MR) is 32.8 cm³/mol. The minimum absolute atomic E-state index is 0.122. The zero-order chi connectivity index (χ0) is 6.69. The highest BCUT2D eigenvalue weighted by molar-refractivity contribution is 5.78. The molecule has 0 aromatic rings. The third-order valence-electron chi connectivity index (χ3n) is 1.32. The zero-order valence-electron chi connectivity index (χ0n) is 5.59. The summed E-state index contributed by atoms with van der Waals surface area (Å²) in [5, 5.41) is 0. The minimum atomic E-state index is 0.122. The molecule has 0 spiro atoms. The van der Waals surface area contributed by atoms with Gasteiger partial charge in [0.05, 0.1) is 0 Å². The first-order valence-electron chi connectivity index (χ1n) is 3.20. The molecule has 0 bridgehead atoms. The van der Waals surface area contributed by atoms with Gasteiger partial charge in [-0.1, -0.05) is 6.92 Å². The Balaban J connectivity index is 2.31. The Kier molecular flexibility index (Phi) is 2.05. The summed E-state index contributed by atoms with van der Waals surface area (Å²) < 4.78 is 4.90. The van der Waals surface area contributed by atoms with Crippen LogP contribution < -0.4 is 0 Å². The summed E-state index contributed by atoms with van der Waals surface area (Å²) in [6.45, 7) is 3.65. The monoisotopic (exact) mass is 129 g/mol. The predicted octanol–water partition coefficient (Wildman–Crippen LogP) is 0.213. The third kappa shape index (κ3) is 1.42. The van der Waals surface area contributed by atoms with Crippen molar-refractivity contribution in [1.82, 2.24) is 4.90 Å². The van der Waals surface area contributed by atoms with Gasteiger partial charge in [-0.05, 0) is 6.42 Å². The fraction of sp³-hybridized carbons (Fsp3) is 0.833. The van der Waals surface area contributed by atoms with Crippen LogP contribution in [0.2, 0.25) is 0 Å². The van der Waals surface area contributed by atoms with Crippen LogP contribution in [-0.4, -0.2) is 30.7 Å². The summed E-state index contributed by atoms with van der Waals surface area (Å²) in [6, 6.07) is 0. The molecule has 0 aromatic carbocycles. The van der Waals surface area contributed by atoms with Crippen molar-refractivity contribution >= 4 is 5.91 Å². The lowest BCUT2D eigenvalue weighted by molar-refractivity contribution is -0.126. The highest BCUT2D eigenvalue weighted by Gasteiger charge is 2.18. The molecular weight excluding hydrogens is 118 g/mol. The number of hydrogen-bond donors (Lipinski definition) is 0. The molecule has 1 fully saturated rings. The Bertz CT molecular complexity index is 114. The average Bonchev–Trinajstić information content (AvgIpc) is 2.18. The van der Waals surface area contributed by atoms with Gasteiger partial charge >= 0.3 is 0 Å². The molecule has 1 aliphatic heterocycles. The molecule has 9 heavy (non-hydrogen) atoms. The summed E-state index contributed by atoms with van der Waals surface area (Å²) in [5.41, 5.74) is 0. The van der Waals surface area contributed by atoms with E-state index in [4.69, 9.17) is 4.74 Å². The fourth-order valence-corrected chi connectivity index (χ4v) is 0.866. The number of hydrogen-bond acceptors (Lipinski definition) is 2. The molecule has 0 atom stereocenters. The van der Waals surface area contributed by atoms with Gasteiger partial charge in [0.2, 0.25) is 5.91 Å². The van der Waals surface area contributed by atoms with Crippen molar-refractivity contribution in [3.8, 4) is 0 Å². The van der Waals surface area contributed by atoms with Crippen molar-refractivity contribution in [2.24, 2.45) is 0 Å². The van der Waals surface area contributed by atoms with E-state index in [9.17, 15) is 4.79 Å². The Hall–Kier alpha value is -0.570. The van der Waals surface area contributed by atoms with E-state index in [1.54, 1.807) is 4.90 Å². The molecule has 0 saturated carbocycles. The van der Waals surface area contributed by atoms with Crippen molar-refractivity contribution in [1.29, 1.82) is 0 Å². The molecule has 3 heteroatoms. The number of rotatable bonds is 2. The highest BCUT2D eigenvalue weighted by Crippen LogP contribution is 2.00. The summed E-state index contributed by atoms with van der Waals surface area (Å²) in [5.74, 6) is 0.122. The summed E-state index contributed by atoms with van der Waals surface area (Å²) in [6.07, 6.45) is 1.01. The molecule has 0 radical (unpaired) electrons. The second-order valence-electron chi connectivity index (χ2n) is 2.13. The Morgan fingerprint density at radius 1 is 1.78 bits per heavy atom. The van der Waals surface area contributed by atoms with Crippen LogP contribution in [0.1, 0.15) is 13.3 Å². The van der Waals surface area contributed by atoms with Gasteiger partial charge in [0.15, 0.2) is 0 Å². The van der Waals surface area contributed by atoms with E-state index in [-0.39, 0.29) is 12.5 Å². The van der Waals surface area contributed by atoms with Crippen molar-refractivity contribution < 1.29 is 9.53 Å². The largest absolute Gasteiger partial charge is 0.351 e. The van der Waals surface area contributed by atoms with E-state index in [0.29, 0.717) is 6.73 Å². The first-order chi connectivity index (χ1) is 4.34. The van der Waals surface area contributed by atoms with Gasteiger partial charge in [-0.3, -0.25) is 4.79 Å². The molecule has 1 amide bonds. The third-order valence-corrected chi connectivity index (χ3v) is 1.32. The molecule has 3 nitrogen and oxygen atoms in total. The zero-order valence-corrected chi connectivity index (χ0v) is 5.59. The lowest BCUT2D eigenvalue weighted by atomic mass is 10.4. The molecular formula is C6H11NO2. The lowest BCUT2D eigenvalue weighted by Crippen LogP contribution is -2.26. The van der Waals surface area contributed by atoms with E-state index in [2.05, 4.69) is 0 Å². The van der Waals surface area contributed by atoms with E-state index in [1.807, 2.05) is 6.92 Å². The van der Waals surface area contributed by atoms with Crippen LogP contribution in [0.3, 0.4) is 0 Å². The van der Waals surface area contributed by atoms with Crippen LogP contribution in [0.15, 0.2) is 0 Å². The summed E-state index contributed by atoms with van der Waals surface area (Å²) >= 11 is 0. The maximum Gasteiger partial charge on any atom is 0.250 e. The second-order valence-corrected chi connectivity index (χ2v) is 2.13. The van der Waals surface area contributed by atoms with Crippen LogP contribution >= 0.6 is 0 Å². The van der Waals surface area contributed by atoms with Gasteiger partial charge < -0.3 is 9.64 Å². The molecule has 0 unspecified atom stereocenters. The van der Waals surface area contributed by atoms with Gasteiger partial charge in [0, 0.05) is 6.54 Å². The minimum Gasteiger partial charge on any atom is -0.351 e. The molecule has 0 aromatic heterocycles. The Labute approximate surface area is 54.6 Å². The van der Waals surface area contributed by atoms with Crippen molar-refractivity contribution in [3.63, 3.8) is 0 Å². The van der Waals surface area contributed by atoms with Crippen LogP contribution in [0.25, 0.3) is 0 Å². The fourth-order valence-electron chi connectivity index (χ4n) is 0.866. The first-order valence-corrected chi connectivity index (χ1v) is 3.20. The topological polar surface area (TPSA) is 29.5 Å². The smallest absolute Gasteiger partial charge is 0.250 e. The molecule has 52 valence electrons. The van der Waals surface area contributed by atoms with Gasteiger partial charge in [-0.15, -0.1) is 0 Å². The van der Waals surface area contributed by atoms with E-state index in [1.165, 1.54) is 0 Å². The normalized spacial score (nSPS) is 19.2. The molecule has 1 rings (SSSR count). The van der Waals surface area contributed by atoms with Gasteiger partial charge in [-0.2, -0.15) is 0 Å². The van der Waals surface area contributed by atoms with E-state index < -0.39 is 0 Å². The van der Waals surface area contributed by atoms with Crippen molar-refractivity contribution in [2.75, 3.05) is 19.9 Å². The average molecular weight is 129 g/mol. The van der Waals surface area contributed by atoms with Gasteiger partial charge in [0.25, 0.3) is 0 Å². The molecule has 0 aliphatic carbocycles. The van der Waals surface area contributed by atoms with Crippen LogP contribution in [-0.2, 0) is 9.53 Å². The quantitative estimate of drug-likeness (QED) is 0.533. The van der Waals surface area contributed by atoms with Crippen LogP contribution in [0.4, 0.5) is 0 Å². The number of amides is 1. The molecule has 1 heterocycles. The molecule has 1 aliphatic rings. The number of carbonyl (C=O) groups is 1. The van der Waals surface area contributed by atoms with Crippen molar-refractivity contribution in [3.05, 3.63) is 0 Å². The van der Waals surface area contributed by atoms with E-state index >= 15 is 0 Å². The summed E-state index contributed by atoms with van der Waals surface area (Å²) in [7, 11) is 0. The molecule has 0 N–H and O–H groups in total. The second kappa shape index (κ2) is 2.82. The maximum atomic E-state index is 10.8. The number of nitrogens with zero attached hydrogens (tertiary/aromatic N) is 1. The lowest BCUT2D eigenvalue weighted by Gasteiger charge is -2.10. The van der Waals surface area contributed by atoms with E-state index in [0.717, 1.165) is 13.0 Å². The van der Waals surface area contributed by atoms with Gasteiger partial charge in [0.1, 0.15) is 13.3 Å². The first kappa shape index (κ1) is 6.55.